The highest BCUT2D eigenvalue weighted by Crippen LogP contribution is 2.15. The first-order valence-corrected chi connectivity index (χ1v) is 11.3. The van der Waals surface area contributed by atoms with Gasteiger partial charge in [-0.2, -0.15) is 0 Å². The molecule has 0 radical (unpaired) electrons. The second-order valence-corrected chi connectivity index (χ2v) is 8.68. The van der Waals surface area contributed by atoms with Gasteiger partial charge in [-0.25, -0.2) is 13.6 Å². The summed E-state index contributed by atoms with van der Waals surface area (Å²) in [5.41, 5.74) is 1.93. The van der Waals surface area contributed by atoms with Crippen molar-refractivity contribution >= 4 is 27.5 Å². The average Bonchev–Trinajstić information content (AvgIpc) is 3.26. The molecule has 0 saturated carbocycles. The van der Waals surface area contributed by atoms with E-state index in [0.29, 0.717) is 30.1 Å². The zero-order valence-corrected chi connectivity index (χ0v) is 18.3. The number of nitrogens with zero attached hydrogens (tertiary/aromatic N) is 1. The minimum absolute atomic E-state index is 0.0323. The molecule has 1 heterocycles. The highest BCUT2D eigenvalue weighted by atomic mass is 32.2. The van der Waals surface area contributed by atoms with Crippen molar-refractivity contribution in [1.82, 2.24) is 10.2 Å². The fourth-order valence-electron chi connectivity index (χ4n) is 3.09. The van der Waals surface area contributed by atoms with Crippen LogP contribution in [-0.2, 0) is 27.9 Å². The average molecular weight is 457 g/mol. The van der Waals surface area contributed by atoms with Crippen LogP contribution in [0.5, 0.6) is 0 Å². The summed E-state index contributed by atoms with van der Waals surface area (Å²) >= 11 is 0. The van der Waals surface area contributed by atoms with Crippen molar-refractivity contribution in [3.8, 4) is 0 Å². The van der Waals surface area contributed by atoms with Crippen molar-refractivity contribution in [2.75, 3.05) is 18.9 Å². The second kappa shape index (κ2) is 10.2. The number of rotatable bonds is 9. The molecular formula is C22H24N4O5S. The molecule has 2 aromatic carbocycles. The Kier molecular flexibility index (Phi) is 7.41. The van der Waals surface area contributed by atoms with E-state index in [-0.39, 0.29) is 23.3 Å². The molecule has 9 nitrogen and oxygen atoms in total. The van der Waals surface area contributed by atoms with E-state index < -0.39 is 10.0 Å². The number of hydrogen-bond donors (Lipinski definition) is 3. The Labute approximate surface area is 186 Å². The topological polar surface area (TPSA) is 135 Å². The summed E-state index contributed by atoms with van der Waals surface area (Å²) in [6.45, 7) is 0.920. The van der Waals surface area contributed by atoms with E-state index in [9.17, 15) is 18.0 Å². The first-order chi connectivity index (χ1) is 15.2. The number of hydrogen-bond acceptors (Lipinski definition) is 6. The quantitative estimate of drug-likeness (QED) is 0.450. The summed E-state index contributed by atoms with van der Waals surface area (Å²) in [7, 11) is -2.23. The van der Waals surface area contributed by atoms with Gasteiger partial charge in [0.05, 0.1) is 24.2 Å². The van der Waals surface area contributed by atoms with Gasteiger partial charge < -0.3 is 15.1 Å². The lowest BCUT2D eigenvalue weighted by molar-refractivity contribution is -0.117. The highest BCUT2D eigenvalue weighted by Gasteiger charge is 2.15. The van der Waals surface area contributed by atoms with Crippen LogP contribution in [0.4, 0.5) is 5.69 Å². The van der Waals surface area contributed by atoms with Crippen LogP contribution in [0.3, 0.4) is 0 Å². The molecule has 4 N–H and O–H groups in total. The Balaban J connectivity index is 1.68. The van der Waals surface area contributed by atoms with E-state index in [1.807, 2.05) is 23.1 Å². The zero-order chi connectivity index (χ0) is 23.1. The summed E-state index contributed by atoms with van der Waals surface area (Å²) in [5, 5.41) is 10.4. The minimum atomic E-state index is -3.80. The SMILES string of the molecule is CNC(=O)c1ccc(CN(CC(=O)Nc2ccc(S(N)(=O)=O)cc2)Cc2ccco2)cc1. The molecule has 2 amide bonds. The molecule has 1 aromatic heterocycles. The fourth-order valence-corrected chi connectivity index (χ4v) is 3.60. The van der Waals surface area contributed by atoms with E-state index in [1.165, 1.54) is 24.3 Å². The van der Waals surface area contributed by atoms with Crippen molar-refractivity contribution < 1.29 is 22.4 Å². The smallest absolute Gasteiger partial charge is 0.251 e. The molecule has 0 aliphatic heterocycles. The van der Waals surface area contributed by atoms with Gasteiger partial charge in [0.2, 0.25) is 15.9 Å². The van der Waals surface area contributed by atoms with Gasteiger partial charge in [-0.3, -0.25) is 14.5 Å². The lowest BCUT2D eigenvalue weighted by Crippen LogP contribution is -2.32. The first-order valence-electron chi connectivity index (χ1n) is 9.73. The number of furan rings is 1. The van der Waals surface area contributed by atoms with Crippen LogP contribution in [0.15, 0.2) is 76.2 Å². The number of nitrogens with one attached hydrogen (secondary N) is 2. The van der Waals surface area contributed by atoms with E-state index in [2.05, 4.69) is 10.6 Å². The standard InChI is InChI=1S/C22H24N4O5S/c1-24-22(28)17-6-4-16(5-7-17)13-26(14-19-3-2-12-31-19)15-21(27)25-18-8-10-20(11-9-18)32(23,29)30/h2-12H,13-15H2,1H3,(H,24,28)(H,25,27)(H2,23,29,30). The minimum Gasteiger partial charge on any atom is -0.468 e. The van der Waals surface area contributed by atoms with Gasteiger partial charge >= 0.3 is 0 Å². The molecule has 0 aliphatic carbocycles. The molecular weight excluding hydrogens is 432 g/mol. The number of carbonyl (C=O) groups is 2. The molecule has 10 heteroatoms. The van der Waals surface area contributed by atoms with Gasteiger partial charge in [0.25, 0.3) is 5.91 Å². The summed E-state index contributed by atoms with van der Waals surface area (Å²) < 4.78 is 28.1. The molecule has 0 aliphatic rings. The van der Waals surface area contributed by atoms with E-state index >= 15 is 0 Å². The Morgan fingerprint density at radius 3 is 2.25 bits per heavy atom. The van der Waals surface area contributed by atoms with Crippen molar-refractivity contribution in [2.45, 2.75) is 18.0 Å². The second-order valence-electron chi connectivity index (χ2n) is 7.12. The summed E-state index contributed by atoms with van der Waals surface area (Å²) in [4.78, 5) is 26.2. The van der Waals surface area contributed by atoms with Crippen LogP contribution >= 0.6 is 0 Å². The van der Waals surface area contributed by atoms with Crippen LogP contribution in [0.25, 0.3) is 0 Å². The first kappa shape index (κ1) is 23.2. The lowest BCUT2D eigenvalue weighted by Gasteiger charge is -2.21. The number of amides is 2. The third-order valence-electron chi connectivity index (χ3n) is 4.64. The number of carbonyl (C=O) groups excluding carboxylic acids is 2. The van der Waals surface area contributed by atoms with Crippen molar-refractivity contribution in [1.29, 1.82) is 0 Å². The van der Waals surface area contributed by atoms with Crippen LogP contribution in [0.2, 0.25) is 0 Å². The zero-order valence-electron chi connectivity index (χ0n) is 17.4. The number of sulfonamides is 1. The number of primary sulfonamides is 1. The monoisotopic (exact) mass is 456 g/mol. The fraction of sp³-hybridized carbons (Fsp3) is 0.182. The Morgan fingerprint density at radius 2 is 1.69 bits per heavy atom. The Hall–Kier alpha value is -3.47. The molecule has 0 bridgehead atoms. The molecule has 0 unspecified atom stereocenters. The number of nitrogens with two attached hydrogens (primary N) is 1. The molecule has 0 saturated heterocycles. The molecule has 0 fully saturated rings. The summed E-state index contributed by atoms with van der Waals surface area (Å²) in [6, 6.07) is 16.4. The van der Waals surface area contributed by atoms with Crippen LogP contribution in [-0.4, -0.2) is 38.7 Å². The molecule has 3 rings (SSSR count). The van der Waals surface area contributed by atoms with E-state index in [1.54, 1.807) is 31.5 Å². The van der Waals surface area contributed by atoms with Gasteiger partial charge in [-0.15, -0.1) is 0 Å². The van der Waals surface area contributed by atoms with Gasteiger partial charge in [0.1, 0.15) is 5.76 Å². The van der Waals surface area contributed by atoms with Gasteiger partial charge in [-0.1, -0.05) is 12.1 Å². The Morgan fingerprint density at radius 1 is 1.00 bits per heavy atom. The predicted molar refractivity (Wildman–Crippen MR) is 119 cm³/mol. The number of anilines is 1. The maximum Gasteiger partial charge on any atom is 0.251 e. The molecule has 168 valence electrons. The molecule has 32 heavy (non-hydrogen) atoms. The number of benzene rings is 2. The van der Waals surface area contributed by atoms with Gasteiger partial charge in [0, 0.05) is 24.8 Å². The van der Waals surface area contributed by atoms with Crippen molar-refractivity contribution in [2.24, 2.45) is 5.14 Å². The van der Waals surface area contributed by atoms with E-state index in [4.69, 9.17) is 9.56 Å². The third-order valence-corrected chi connectivity index (χ3v) is 5.57. The Bertz CT molecular complexity index is 1160. The summed E-state index contributed by atoms with van der Waals surface area (Å²) in [5.74, 6) is 0.260. The lowest BCUT2D eigenvalue weighted by atomic mass is 10.1. The van der Waals surface area contributed by atoms with Crippen molar-refractivity contribution in [3.63, 3.8) is 0 Å². The van der Waals surface area contributed by atoms with Crippen LogP contribution in [0.1, 0.15) is 21.7 Å². The molecule has 3 aromatic rings. The van der Waals surface area contributed by atoms with Crippen LogP contribution < -0.4 is 15.8 Å². The van der Waals surface area contributed by atoms with E-state index in [0.717, 1.165) is 5.56 Å². The van der Waals surface area contributed by atoms with Crippen molar-refractivity contribution in [3.05, 3.63) is 83.8 Å². The third kappa shape index (κ3) is 6.51. The maximum absolute atomic E-state index is 12.6. The predicted octanol–water partition coefficient (Wildman–Crippen LogP) is 1.93. The van der Waals surface area contributed by atoms with Gasteiger partial charge in [-0.05, 0) is 54.1 Å². The van der Waals surface area contributed by atoms with Gasteiger partial charge in [0.15, 0.2) is 0 Å². The maximum atomic E-state index is 12.6. The highest BCUT2D eigenvalue weighted by molar-refractivity contribution is 7.89. The molecule has 0 spiro atoms. The van der Waals surface area contributed by atoms with Crippen LogP contribution in [0, 0.1) is 0 Å². The largest absolute Gasteiger partial charge is 0.468 e. The normalized spacial score (nSPS) is 11.3. The molecule has 0 atom stereocenters. The summed E-state index contributed by atoms with van der Waals surface area (Å²) in [6.07, 6.45) is 1.57.